The van der Waals surface area contributed by atoms with Crippen LogP contribution < -0.4 is 0 Å². The Balaban J connectivity index is 0.000000687. The van der Waals surface area contributed by atoms with E-state index in [1.807, 2.05) is 0 Å². The number of hydrogen-bond acceptors (Lipinski definition) is 8. The van der Waals surface area contributed by atoms with E-state index in [0.29, 0.717) is 0 Å². The SMILES string of the molecule is [2H]C([2H])([2H])OC([2H])([2H])C1([2H])C(=O)C([2H])([2H])C([2H])([2H])N(C(=O)OC(C([2H])([2H])[2H])(C([2H])([2H])[2H])C([2H])([2H])[2H])C1([2H])[2H].[2H]OC(=O)N1C([2H])([2H])C([2H])([2H])C(=O)/C(=C(\[2H])OC([2H])[2H])C1([2H])C(C)(C)C. The summed E-state index contributed by atoms with van der Waals surface area (Å²) in [6, 6.07) is -2.73. The van der Waals surface area contributed by atoms with Crippen molar-refractivity contribution in [3.05, 3.63) is 11.8 Å². The molecule has 2 atom stereocenters. The maximum Gasteiger partial charge on any atom is 0.410 e. The molecule has 0 aromatic carbocycles. The first kappa shape index (κ1) is 7.69. The smallest absolute Gasteiger partial charge is 0.410 e. The molecular weight excluding hydrogens is 444 g/mol. The molecule has 2 aliphatic heterocycles. The van der Waals surface area contributed by atoms with Crippen LogP contribution in [0.2, 0.25) is 0 Å². The molecule has 2 heterocycles. The Kier molecular flexibility index (Phi) is 2.76. The lowest BCUT2D eigenvalue weighted by Crippen LogP contribution is -2.53. The summed E-state index contributed by atoms with van der Waals surface area (Å²) >= 11 is 0. The number of carbonyl (C=O) groups is 4. The lowest BCUT2D eigenvalue weighted by molar-refractivity contribution is -0.127. The monoisotopic (exact) mass is 514 g/mol. The van der Waals surface area contributed by atoms with Gasteiger partial charge in [-0.05, 0) is 26.0 Å². The quantitative estimate of drug-likeness (QED) is 0.449. The third-order valence-electron chi connectivity index (χ3n) is 3.33. The molecular formula is C24H40N2O8. The Hall–Kier alpha value is -2.62. The highest BCUT2D eigenvalue weighted by atomic mass is 16.6. The minimum atomic E-state index is -4.56. The molecule has 2 saturated heterocycles. The summed E-state index contributed by atoms with van der Waals surface area (Å²) in [4.78, 5) is 49.5. The van der Waals surface area contributed by atoms with E-state index < -0.39 is 137 Å². The number of carbonyl (C=O) groups excluding carboxylic acids is 3. The van der Waals surface area contributed by atoms with Crippen molar-refractivity contribution in [3.63, 3.8) is 0 Å². The van der Waals surface area contributed by atoms with Gasteiger partial charge in [-0.1, -0.05) is 20.8 Å². The number of likely N-dealkylation sites (tertiary alicyclic amines) is 2. The number of hydrogen-bond donors (Lipinski definition) is 1. The molecule has 0 aromatic rings. The average molecular weight is 515 g/mol. The van der Waals surface area contributed by atoms with E-state index in [0.717, 1.165) is 0 Å². The van der Waals surface area contributed by atoms with Gasteiger partial charge >= 0.3 is 12.2 Å². The average Bonchev–Trinajstić information content (AvgIpc) is 3.01. The van der Waals surface area contributed by atoms with Gasteiger partial charge in [-0.25, -0.2) is 9.59 Å². The van der Waals surface area contributed by atoms with E-state index in [4.69, 9.17) is 41.2 Å². The van der Waals surface area contributed by atoms with Crippen molar-refractivity contribution in [2.45, 2.75) is 65.7 Å². The zero-order valence-electron chi connectivity index (χ0n) is 47.7. The molecule has 0 saturated carbocycles. The van der Waals surface area contributed by atoms with Gasteiger partial charge in [0.05, 0.1) is 53.8 Å². The molecule has 2 unspecified atom stereocenters. The van der Waals surface area contributed by atoms with Crippen LogP contribution in [-0.4, -0.2) is 90.4 Å². The molecule has 1 N–H and O–H groups in total. The van der Waals surface area contributed by atoms with Gasteiger partial charge in [0.2, 0.25) is 0 Å². The van der Waals surface area contributed by atoms with Crippen LogP contribution in [0.25, 0.3) is 1.43 Å². The molecule has 2 rings (SSSR count). The molecule has 10 heteroatoms. The highest BCUT2D eigenvalue weighted by Crippen LogP contribution is 2.34. The number of piperidine rings is 2. The second kappa shape index (κ2) is 12.2. The van der Waals surface area contributed by atoms with Crippen molar-refractivity contribution in [2.75, 3.05) is 40.1 Å². The molecule has 0 bridgehead atoms. The number of amides is 2. The first-order chi connectivity index (χ1) is 27.6. The Labute approximate surface area is 244 Å². The standard InChI is InChI=1S/C12H21NO4.C12H19NO4/c1-12(2,3)17-11(15)13-6-5-10(14)9(7-13)8-16-4;1-12(2,3)10-8(7-17-4)9(14)5-6-13(10)11(15)16/h9H,5-8H2,1-4H3;7,10H,5-6H2,1-4H3,(H,15,16)/b;8-7-/i1D3,2D3,3D3,4D3,5D2,6D2,7D2,8D2,9D;4D2,5D2,6D2,7D,10D/hD. The number of ether oxygens (including phenoxy) is 3. The van der Waals surface area contributed by atoms with E-state index in [-0.39, 0.29) is 4.90 Å². The fraction of sp³-hybridized carbons (Fsp3) is 0.750. The van der Waals surface area contributed by atoms with Crippen molar-refractivity contribution in [1.82, 2.24) is 9.80 Å². The predicted molar refractivity (Wildman–Crippen MR) is 125 cm³/mol. The predicted octanol–water partition coefficient (Wildman–Crippen LogP) is 3.34. The maximum atomic E-state index is 13.1. The summed E-state index contributed by atoms with van der Waals surface area (Å²) in [5.74, 6) is -8.77. The summed E-state index contributed by atoms with van der Waals surface area (Å²) in [6.45, 7) is -25.6. The molecule has 0 aromatic heterocycles. The van der Waals surface area contributed by atoms with E-state index in [2.05, 4.69) is 19.3 Å². The number of ketones is 2. The van der Waals surface area contributed by atoms with Gasteiger partial charge < -0.3 is 29.1 Å². The second-order valence-electron chi connectivity index (χ2n) is 7.00. The van der Waals surface area contributed by atoms with E-state index in [1.54, 1.807) is 0 Å². The normalized spacial score (nSPS) is 49.6. The van der Waals surface area contributed by atoms with E-state index in [9.17, 15) is 19.2 Å². The lowest BCUT2D eigenvalue weighted by atomic mass is 9.77. The minimum Gasteiger partial charge on any atom is -0.504 e. The summed E-state index contributed by atoms with van der Waals surface area (Å²) in [5, 5.41) is 3.75. The molecule has 10 nitrogen and oxygen atoms in total. The van der Waals surface area contributed by atoms with Gasteiger partial charge in [0.15, 0.2) is 5.78 Å². The number of Topliss-reactive ketones (excluding diaryl/α,β-unsaturated/α-hetero) is 2. The van der Waals surface area contributed by atoms with Crippen LogP contribution in [-0.2, 0) is 23.8 Å². The Morgan fingerprint density at radius 2 is 2.06 bits per heavy atom. The second-order valence-corrected chi connectivity index (χ2v) is 7.00. The summed E-state index contributed by atoms with van der Waals surface area (Å²) in [6.07, 6.45) is -13.6. The van der Waals surface area contributed by atoms with E-state index in [1.165, 1.54) is 20.8 Å². The topological polar surface area (TPSA) is 123 Å². The zero-order chi connectivity index (χ0) is 52.0. The molecule has 2 amide bonds. The highest BCUT2D eigenvalue weighted by Gasteiger charge is 2.42. The molecule has 0 radical (unpaired) electrons. The van der Waals surface area contributed by atoms with Crippen LogP contribution in [0.1, 0.15) is 93.8 Å². The first-order valence-corrected chi connectivity index (χ1v) is 8.62. The number of carboxylic acid groups (broad SMARTS) is 1. The minimum absolute atomic E-state index is 0.0649. The fourth-order valence-electron chi connectivity index (χ4n) is 2.19. The van der Waals surface area contributed by atoms with E-state index >= 15 is 0 Å². The van der Waals surface area contributed by atoms with Crippen LogP contribution in [0.5, 0.6) is 0 Å². The highest BCUT2D eigenvalue weighted by molar-refractivity contribution is 5.98. The third kappa shape index (κ3) is 8.62. The molecule has 2 aliphatic rings. The molecule has 2 fully saturated rings. The van der Waals surface area contributed by atoms with Crippen LogP contribution in [0.15, 0.2) is 11.8 Å². The number of nitrogens with zero attached hydrogens (tertiary/aromatic N) is 2. The summed E-state index contributed by atoms with van der Waals surface area (Å²) in [7, 11) is -5.92. The molecule has 34 heavy (non-hydrogen) atoms. The fourth-order valence-corrected chi connectivity index (χ4v) is 2.19. The van der Waals surface area contributed by atoms with Crippen molar-refractivity contribution in [1.29, 1.82) is 1.43 Å². The van der Waals surface area contributed by atoms with Crippen LogP contribution in [0.4, 0.5) is 9.59 Å². The molecule has 194 valence electrons. The van der Waals surface area contributed by atoms with Gasteiger partial charge in [-0.15, -0.1) is 0 Å². The Morgan fingerprint density at radius 3 is 2.65 bits per heavy atom. The maximum absolute atomic E-state index is 13.1. The molecule has 0 aliphatic carbocycles. The third-order valence-corrected chi connectivity index (χ3v) is 3.33. The van der Waals surface area contributed by atoms with Crippen LogP contribution >= 0.6 is 0 Å². The zero-order valence-corrected chi connectivity index (χ0v) is 17.7. The van der Waals surface area contributed by atoms with Gasteiger partial charge in [-0.3, -0.25) is 9.59 Å². The summed E-state index contributed by atoms with van der Waals surface area (Å²) in [5.41, 5.74) is -7.07. The van der Waals surface area contributed by atoms with Gasteiger partial charge in [0, 0.05) is 61.2 Å². The van der Waals surface area contributed by atoms with Crippen molar-refractivity contribution in [2.24, 2.45) is 11.3 Å². The van der Waals surface area contributed by atoms with Crippen LogP contribution in [0, 0.1) is 11.3 Å². The van der Waals surface area contributed by atoms with Crippen molar-refractivity contribution >= 4 is 23.8 Å². The first-order valence-electron chi connectivity index (χ1n) is 23.7. The number of methoxy groups -OCH3 is 2. The lowest BCUT2D eigenvalue weighted by Gasteiger charge is -2.42. The number of rotatable bonds is 3. The summed E-state index contributed by atoms with van der Waals surface area (Å²) < 4.78 is 241. The van der Waals surface area contributed by atoms with Gasteiger partial charge in [0.25, 0.3) is 1.43 Å². The van der Waals surface area contributed by atoms with Crippen molar-refractivity contribution in [3.8, 4) is 0 Å². The van der Waals surface area contributed by atoms with Gasteiger partial charge in [-0.2, -0.15) is 0 Å². The largest absolute Gasteiger partial charge is 0.504 e. The molecule has 0 spiro atoms. The van der Waals surface area contributed by atoms with Crippen molar-refractivity contribution < 1.29 is 78.2 Å². The Morgan fingerprint density at radius 1 is 1.32 bits per heavy atom. The van der Waals surface area contributed by atoms with Gasteiger partial charge in [0.1, 0.15) is 12.8 Å². The van der Waals surface area contributed by atoms with Crippen LogP contribution in [0.3, 0.4) is 0 Å². The Bertz CT molecular complexity index is 1820.